The van der Waals surface area contributed by atoms with Gasteiger partial charge in [0.15, 0.2) is 0 Å². The molecule has 4 aliphatic rings. The van der Waals surface area contributed by atoms with Crippen LogP contribution in [-0.4, -0.2) is 52.3 Å². The first-order valence-electron chi connectivity index (χ1n) is 12.9. The second-order valence-electron chi connectivity index (χ2n) is 11.8. The normalized spacial score (nSPS) is 47.4. The number of fused-ring (bicyclic) bond motifs is 5. The van der Waals surface area contributed by atoms with Gasteiger partial charge in [0, 0.05) is 12.0 Å². The number of aliphatic hydroxyl groups is 2. The summed E-state index contributed by atoms with van der Waals surface area (Å²) in [4.78, 5) is 0. The maximum atomic E-state index is 12.3. The molecule has 0 radical (unpaired) electrons. The Kier molecular flexibility index (Phi) is 6.62. The van der Waals surface area contributed by atoms with Crippen molar-refractivity contribution < 1.29 is 14.9 Å². The van der Waals surface area contributed by atoms with Crippen molar-refractivity contribution in [2.75, 3.05) is 13.2 Å². The smallest absolute Gasteiger partial charge is 0.206 e. The number of nitrogens with two attached hydrogens (primary N) is 2. The Hall–Kier alpha value is -1.22. The van der Waals surface area contributed by atoms with Gasteiger partial charge in [-0.05, 0) is 101 Å². The Morgan fingerprint density at radius 1 is 1.09 bits per heavy atom. The molecule has 0 amide bonds. The predicted octanol–water partition coefficient (Wildman–Crippen LogP) is 2.47. The molecule has 8 atom stereocenters. The summed E-state index contributed by atoms with van der Waals surface area (Å²) in [7, 11) is 0. The predicted molar refractivity (Wildman–Crippen MR) is 130 cm³/mol. The molecule has 188 valence electrons. The number of hydrogen-bond acceptors (Lipinski definition) is 6. The Bertz CT molecular complexity index is 792. The largest absolute Gasteiger partial charge is 0.389 e. The molecule has 0 unspecified atom stereocenters. The monoisotopic (exact) mass is 463 g/mol. The first kappa shape index (κ1) is 24.9. The molecule has 0 bridgehead atoms. The molecule has 8 N–H and O–H groups in total. The van der Waals surface area contributed by atoms with Crippen LogP contribution in [0.1, 0.15) is 85.0 Å². The fourth-order valence-electron chi connectivity index (χ4n) is 8.51. The highest BCUT2D eigenvalue weighted by Gasteiger charge is 2.72. The van der Waals surface area contributed by atoms with Crippen molar-refractivity contribution in [2.24, 2.45) is 45.2 Å². The summed E-state index contributed by atoms with van der Waals surface area (Å²) in [5, 5.41) is 35.7. The summed E-state index contributed by atoms with van der Waals surface area (Å²) in [6, 6.07) is 0. The van der Waals surface area contributed by atoms with Crippen LogP contribution in [0.3, 0.4) is 0 Å². The summed E-state index contributed by atoms with van der Waals surface area (Å²) >= 11 is 0. The van der Waals surface area contributed by atoms with Crippen molar-refractivity contribution in [3.05, 3.63) is 0 Å². The van der Waals surface area contributed by atoms with Crippen LogP contribution in [-0.2, 0) is 4.74 Å². The molecular weight excluding hydrogens is 418 g/mol. The second-order valence-corrected chi connectivity index (χ2v) is 11.8. The Labute approximate surface area is 198 Å². The third-order valence-corrected chi connectivity index (χ3v) is 10.6. The molecule has 4 aliphatic carbocycles. The molecule has 0 aromatic rings. The number of rotatable bonds is 6. The molecule has 0 spiro atoms. The lowest BCUT2D eigenvalue weighted by Gasteiger charge is -2.64. The van der Waals surface area contributed by atoms with Gasteiger partial charge in [-0.15, -0.1) is 0 Å². The lowest BCUT2D eigenvalue weighted by atomic mass is 9.43. The zero-order valence-corrected chi connectivity index (χ0v) is 20.7. The fourth-order valence-corrected chi connectivity index (χ4v) is 8.51. The Balaban J connectivity index is 1.55. The van der Waals surface area contributed by atoms with E-state index in [0.29, 0.717) is 43.0 Å². The van der Waals surface area contributed by atoms with Crippen molar-refractivity contribution in [2.45, 2.75) is 102 Å². The molecule has 4 rings (SSSR count). The molecule has 8 heteroatoms. The van der Waals surface area contributed by atoms with Gasteiger partial charge in [0.1, 0.15) is 5.60 Å². The van der Waals surface area contributed by atoms with Gasteiger partial charge in [0.25, 0.3) is 0 Å². The third kappa shape index (κ3) is 3.72. The first-order chi connectivity index (χ1) is 15.5. The molecule has 4 saturated carbocycles. The molecule has 33 heavy (non-hydrogen) atoms. The van der Waals surface area contributed by atoms with Crippen LogP contribution < -0.4 is 16.9 Å². The van der Waals surface area contributed by atoms with Gasteiger partial charge in [0.05, 0.1) is 17.4 Å². The van der Waals surface area contributed by atoms with Crippen molar-refractivity contribution in [3.8, 4) is 0 Å². The van der Waals surface area contributed by atoms with Gasteiger partial charge >= 0.3 is 0 Å². The molecular formula is C25H45N5O3. The topological polar surface area (TPSA) is 150 Å². The Morgan fingerprint density at radius 2 is 1.85 bits per heavy atom. The molecule has 0 saturated heterocycles. The molecule has 0 heterocycles. The van der Waals surface area contributed by atoms with E-state index in [9.17, 15) is 10.2 Å². The minimum Gasteiger partial charge on any atom is -0.389 e. The van der Waals surface area contributed by atoms with Gasteiger partial charge in [-0.25, -0.2) is 5.43 Å². The van der Waals surface area contributed by atoms with E-state index in [-0.39, 0.29) is 17.3 Å². The van der Waals surface area contributed by atoms with Gasteiger partial charge in [-0.1, -0.05) is 13.8 Å². The average Bonchev–Trinajstić information content (AvgIpc) is 3.00. The highest BCUT2D eigenvalue weighted by atomic mass is 16.5. The average molecular weight is 464 g/mol. The first-order valence-corrected chi connectivity index (χ1v) is 12.9. The lowest BCUT2D eigenvalue weighted by Crippen LogP contribution is -2.66. The summed E-state index contributed by atoms with van der Waals surface area (Å²) in [5.74, 6) is 1.03. The molecule has 0 aliphatic heterocycles. The van der Waals surface area contributed by atoms with E-state index in [1.165, 1.54) is 0 Å². The van der Waals surface area contributed by atoms with Crippen LogP contribution in [0.15, 0.2) is 5.10 Å². The van der Waals surface area contributed by atoms with E-state index in [1.807, 2.05) is 0 Å². The highest BCUT2D eigenvalue weighted by Crippen LogP contribution is 2.70. The summed E-state index contributed by atoms with van der Waals surface area (Å²) in [6.45, 7) is 7.73. The number of nitrogens with zero attached hydrogens (tertiary/aromatic N) is 1. The van der Waals surface area contributed by atoms with Crippen molar-refractivity contribution in [3.63, 3.8) is 0 Å². The van der Waals surface area contributed by atoms with E-state index in [0.717, 1.165) is 58.0 Å². The lowest BCUT2D eigenvalue weighted by molar-refractivity contribution is -0.225. The summed E-state index contributed by atoms with van der Waals surface area (Å²) < 4.78 is 6.15. The quantitative estimate of drug-likeness (QED) is 0.154. The SMILES string of the molecule is C/C(=N\NC(=N)N)[C@@]1(O)CC[C@]2(O)[C@@H]3CC[C@@H]4C[C@@H](OCCCN)CC[C@]4(C)[C@H]3CC[C@]12C. The maximum absolute atomic E-state index is 12.3. The van der Waals surface area contributed by atoms with Crippen LogP contribution in [0.4, 0.5) is 0 Å². The molecule has 0 aromatic carbocycles. The van der Waals surface area contributed by atoms with Gasteiger partial charge in [0.2, 0.25) is 5.96 Å². The van der Waals surface area contributed by atoms with Crippen LogP contribution in [0, 0.1) is 34.0 Å². The molecule has 4 fully saturated rings. The number of guanidine groups is 1. The van der Waals surface area contributed by atoms with Gasteiger partial charge in [-0.2, -0.15) is 5.10 Å². The zero-order valence-electron chi connectivity index (χ0n) is 20.7. The van der Waals surface area contributed by atoms with E-state index in [1.54, 1.807) is 6.92 Å². The standard InChI is InChI=1S/C25H45N5O3/c1-16(29-30-21(27)28)24(31)11-12-25(32)20-6-5-17-15-18(33-14-4-13-26)7-9-22(17,2)19(20)8-10-23(24,25)3/h17-20,31-32H,4-15,26H2,1-3H3,(H4,27,28,30)/b29-16+/t17-,18+,19+,20-,22+,23-,24+,25+/m1/s1. The van der Waals surface area contributed by atoms with E-state index in [2.05, 4.69) is 24.4 Å². The van der Waals surface area contributed by atoms with Gasteiger partial charge in [-0.3, -0.25) is 5.41 Å². The Morgan fingerprint density at radius 3 is 2.55 bits per heavy atom. The molecule has 8 nitrogen and oxygen atoms in total. The minimum absolute atomic E-state index is 0.190. The number of hydrazone groups is 1. The fraction of sp³-hybridized carbons (Fsp3) is 0.920. The van der Waals surface area contributed by atoms with Crippen molar-refractivity contribution >= 4 is 11.7 Å². The summed E-state index contributed by atoms with van der Waals surface area (Å²) in [5.41, 5.74) is 11.4. The highest BCUT2D eigenvalue weighted by molar-refractivity contribution is 5.92. The number of ether oxygens (including phenoxy) is 1. The van der Waals surface area contributed by atoms with Crippen LogP contribution >= 0.6 is 0 Å². The van der Waals surface area contributed by atoms with Gasteiger partial charge < -0.3 is 26.4 Å². The number of nitrogens with one attached hydrogen (secondary N) is 2. The molecule has 0 aromatic heterocycles. The van der Waals surface area contributed by atoms with Crippen LogP contribution in [0.25, 0.3) is 0 Å². The van der Waals surface area contributed by atoms with E-state index in [4.69, 9.17) is 21.6 Å². The third-order valence-electron chi connectivity index (χ3n) is 10.6. The number of hydrogen-bond donors (Lipinski definition) is 6. The van der Waals surface area contributed by atoms with Crippen LogP contribution in [0.2, 0.25) is 0 Å². The zero-order chi connectivity index (χ0) is 24.1. The van der Waals surface area contributed by atoms with E-state index >= 15 is 0 Å². The van der Waals surface area contributed by atoms with E-state index < -0.39 is 16.6 Å². The van der Waals surface area contributed by atoms with Crippen molar-refractivity contribution in [1.82, 2.24) is 5.43 Å². The van der Waals surface area contributed by atoms with Crippen molar-refractivity contribution in [1.29, 1.82) is 5.41 Å². The second kappa shape index (κ2) is 8.77. The minimum atomic E-state index is -1.21. The summed E-state index contributed by atoms with van der Waals surface area (Å²) in [6.07, 6.45) is 9.58. The maximum Gasteiger partial charge on any atom is 0.206 e. The van der Waals surface area contributed by atoms with Crippen LogP contribution in [0.5, 0.6) is 0 Å².